The number of amides is 2. The van der Waals surface area contributed by atoms with Gasteiger partial charge in [0, 0.05) is 0 Å². The fraction of sp³-hybridized carbons (Fsp3) is 0.308. The van der Waals surface area contributed by atoms with Crippen LogP contribution in [-0.2, 0) is 9.63 Å². The summed E-state index contributed by atoms with van der Waals surface area (Å²) in [7, 11) is 0. The summed E-state index contributed by atoms with van der Waals surface area (Å²) >= 11 is 0. The van der Waals surface area contributed by atoms with E-state index in [1.54, 1.807) is 24.3 Å². The van der Waals surface area contributed by atoms with E-state index in [1.165, 1.54) is 0 Å². The summed E-state index contributed by atoms with van der Waals surface area (Å²) < 4.78 is 0. The first kappa shape index (κ1) is 11.0. The molecule has 0 spiro atoms. The van der Waals surface area contributed by atoms with E-state index in [0.29, 0.717) is 11.0 Å². The van der Waals surface area contributed by atoms with E-state index in [-0.39, 0.29) is 17.5 Å². The quantitative estimate of drug-likeness (QED) is 0.758. The van der Waals surface area contributed by atoms with Gasteiger partial charge in [-0.1, -0.05) is 17.2 Å². The Morgan fingerprint density at radius 3 is 2.22 bits per heavy atom. The monoisotopic (exact) mass is 245 g/mol. The van der Waals surface area contributed by atoms with Crippen molar-refractivity contribution < 1.29 is 19.2 Å². The Morgan fingerprint density at radius 1 is 1.17 bits per heavy atom. The van der Waals surface area contributed by atoms with Crippen LogP contribution in [0.4, 0.5) is 0 Å². The fourth-order valence-corrected chi connectivity index (χ4v) is 1.95. The van der Waals surface area contributed by atoms with Crippen LogP contribution in [0.3, 0.4) is 0 Å². The van der Waals surface area contributed by atoms with Crippen LogP contribution >= 0.6 is 0 Å². The SMILES string of the molecule is O=C(CC1CC1)ON1C(=O)c2ccccc2C1=O. The highest BCUT2D eigenvalue weighted by molar-refractivity contribution is 6.20. The molecule has 1 aromatic rings. The summed E-state index contributed by atoms with van der Waals surface area (Å²) in [6.07, 6.45) is 2.29. The first-order valence-electron chi connectivity index (χ1n) is 5.85. The van der Waals surface area contributed by atoms with Crippen molar-refractivity contribution in [3.05, 3.63) is 35.4 Å². The molecule has 3 rings (SSSR count). The average Bonchev–Trinajstić information content (AvgIpc) is 3.14. The molecule has 18 heavy (non-hydrogen) atoms. The first-order valence-corrected chi connectivity index (χ1v) is 5.85. The highest BCUT2D eigenvalue weighted by Gasteiger charge is 2.39. The van der Waals surface area contributed by atoms with E-state index < -0.39 is 17.8 Å². The fourth-order valence-electron chi connectivity index (χ4n) is 1.95. The van der Waals surface area contributed by atoms with E-state index in [9.17, 15) is 14.4 Å². The largest absolute Gasteiger partial charge is 0.333 e. The number of hydroxylamine groups is 2. The molecule has 5 heteroatoms. The molecule has 1 fully saturated rings. The number of hydrogen-bond donors (Lipinski definition) is 0. The predicted octanol–water partition coefficient (Wildman–Crippen LogP) is 1.54. The van der Waals surface area contributed by atoms with Crippen LogP contribution in [0, 0.1) is 5.92 Å². The van der Waals surface area contributed by atoms with E-state index in [4.69, 9.17) is 4.84 Å². The van der Waals surface area contributed by atoms with Gasteiger partial charge in [-0.2, -0.15) is 0 Å². The van der Waals surface area contributed by atoms with Crippen LogP contribution in [0.25, 0.3) is 0 Å². The Hall–Kier alpha value is -2.17. The van der Waals surface area contributed by atoms with E-state index in [2.05, 4.69) is 0 Å². The Bertz CT molecular complexity index is 513. The lowest BCUT2D eigenvalue weighted by Gasteiger charge is -2.12. The average molecular weight is 245 g/mol. The van der Waals surface area contributed by atoms with Crippen LogP contribution in [0.2, 0.25) is 0 Å². The van der Waals surface area contributed by atoms with Gasteiger partial charge in [-0.15, -0.1) is 0 Å². The lowest BCUT2D eigenvalue weighted by Crippen LogP contribution is -2.32. The molecular formula is C13H11NO4. The molecule has 2 aliphatic rings. The number of fused-ring (bicyclic) bond motifs is 1. The van der Waals surface area contributed by atoms with Crippen LogP contribution in [-0.4, -0.2) is 22.8 Å². The zero-order valence-corrected chi connectivity index (χ0v) is 9.59. The number of carbonyl (C=O) groups is 3. The van der Waals surface area contributed by atoms with Crippen molar-refractivity contribution in [3.63, 3.8) is 0 Å². The maximum absolute atomic E-state index is 11.9. The van der Waals surface area contributed by atoms with Gasteiger partial charge < -0.3 is 4.84 Å². The normalized spacial score (nSPS) is 17.9. The minimum absolute atomic E-state index is 0.271. The van der Waals surface area contributed by atoms with Gasteiger partial charge in [-0.3, -0.25) is 9.59 Å². The molecule has 1 aliphatic heterocycles. The molecule has 0 bridgehead atoms. The summed E-state index contributed by atoms with van der Waals surface area (Å²) in [5.74, 6) is -1.31. The van der Waals surface area contributed by atoms with Crippen molar-refractivity contribution in [2.45, 2.75) is 19.3 Å². The number of carbonyl (C=O) groups excluding carboxylic acids is 3. The highest BCUT2D eigenvalue weighted by atomic mass is 16.7. The molecule has 1 saturated carbocycles. The Balaban J connectivity index is 1.76. The minimum atomic E-state index is -0.570. The van der Waals surface area contributed by atoms with Crippen molar-refractivity contribution in [3.8, 4) is 0 Å². The zero-order valence-electron chi connectivity index (χ0n) is 9.59. The lowest BCUT2D eigenvalue weighted by molar-refractivity contribution is -0.168. The van der Waals surface area contributed by atoms with Gasteiger partial charge >= 0.3 is 5.97 Å². The van der Waals surface area contributed by atoms with Crippen LogP contribution in [0.15, 0.2) is 24.3 Å². The van der Waals surface area contributed by atoms with Gasteiger partial charge in [0.25, 0.3) is 11.8 Å². The van der Waals surface area contributed by atoms with E-state index >= 15 is 0 Å². The van der Waals surface area contributed by atoms with Crippen molar-refractivity contribution in [2.75, 3.05) is 0 Å². The molecule has 0 radical (unpaired) electrons. The van der Waals surface area contributed by atoms with Gasteiger partial charge in [0.05, 0.1) is 17.5 Å². The molecule has 5 nitrogen and oxygen atoms in total. The molecular weight excluding hydrogens is 234 g/mol. The molecule has 0 unspecified atom stereocenters. The third kappa shape index (κ3) is 1.77. The van der Waals surface area contributed by atoms with E-state index in [0.717, 1.165) is 12.8 Å². The van der Waals surface area contributed by atoms with E-state index in [1.807, 2.05) is 0 Å². The number of benzene rings is 1. The molecule has 0 N–H and O–H groups in total. The van der Waals surface area contributed by atoms with Crippen LogP contribution < -0.4 is 0 Å². The van der Waals surface area contributed by atoms with Crippen molar-refractivity contribution >= 4 is 17.8 Å². The first-order chi connectivity index (χ1) is 8.66. The molecule has 0 aromatic heterocycles. The third-order valence-electron chi connectivity index (χ3n) is 3.10. The summed E-state index contributed by atoms with van der Waals surface area (Å²) in [6, 6.07) is 6.42. The maximum Gasteiger partial charge on any atom is 0.333 e. The van der Waals surface area contributed by atoms with Crippen molar-refractivity contribution in [1.29, 1.82) is 0 Å². The van der Waals surface area contributed by atoms with Gasteiger partial charge in [0.2, 0.25) is 0 Å². The Labute approximate surface area is 103 Å². The molecule has 1 aromatic carbocycles. The minimum Gasteiger partial charge on any atom is -0.330 e. The summed E-state index contributed by atoms with van der Waals surface area (Å²) in [6.45, 7) is 0. The second-order valence-electron chi connectivity index (χ2n) is 4.56. The molecule has 2 amide bonds. The second kappa shape index (κ2) is 3.94. The van der Waals surface area contributed by atoms with Crippen molar-refractivity contribution in [1.82, 2.24) is 5.06 Å². The molecule has 0 saturated heterocycles. The Morgan fingerprint density at radius 2 is 1.72 bits per heavy atom. The van der Waals surface area contributed by atoms with Crippen molar-refractivity contribution in [2.24, 2.45) is 5.92 Å². The third-order valence-corrected chi connectivity index (χ3v) is 3.10. The summed E-state index contributed by atoms with van der Waals surface area (Å²) in [4.78, 5) is 40.1. The molecule has 0 atom stereocenters. The zero-order chi connectivity index (χ0) is 12.7. The standard InChI is InChI=1S/C13H11NO4/c15-11(7-8-5-6-8)18-14-12(16)9-3-1-2-4-10(9)13(14)17/h1-4,8H,5-7H2. The van der Waals surface area contributed by atoms with Crippen LogP contribution in [0.1, 0.15) is 40.0 Å². The number of nitrogens with zero attached hydrogens (tertiary/aromatic N) is 1. The highest BCUT2D eigenvalue weighted by Crippen LogP contribution is 2.33. The van der Waals surface area contributed by atoms with Gasteiger partial charge in [-0.25, -0.2) is 4.79 Å². The summed E-state index contributed by atoms with van der Waals surface area (Å²) in [5, 5.41) is 0.565. The summed E-state index contributed by atoms with van der Waals surface area (Å²) in [5.41, 5.74) is 0.559. The molecule has 92 valence electrons. The lowest BCUT2D eigenvalue weighted by atomic mass is 10.1. The van der Waals surface area contributed by atoms with Crippen LogP contribution in [0.5, 0.6) is 0 Å². The van der Waals surface area contributed by atoms with Gasteiger partial charge in [-0.05, 0) is 30.9 Å². The predicted molar refractivity (Wildman–Crippen MR) is 60.4 cm³/mol. The van der Waals surface area contributed by atoms with Gasteiger partial charge in [0.15, 0.2) is 0 Å². The number of hydrogen-bond acceptors (Lipinski definition) is 4. The maximum atomic E-state index is 11.9. The molecule has 1 aliphatic carbocycles. The smallest absolute Gasteiger partial charge is 0.330 e. The Kier molecular flexibility index (Phi) is 2.40. The van der Waals surface area contributed by atoms with Gasteiger partial charge in [0.1, 0.15) is 0 Å². The second-order valence-corrected chi connectivity index (χ2v) is 4.56. The molecule has 1 heterocycles. The number of imide groups is 1. The number of rotatable bonds is 3. The topological polar surface area (TPSA) is 63.7 Å².